The van der Waals surface area contributed by atoms with Crippen molar-refractivity contribution in [1.29, 1.82) is 0 Å². The number of nitrogens with zero attached hydrogens (tertiary/aromatic N) is 1. The third kappa shape index (κ3) is 2.63. The van der Waals surface area contributed by atoms with Crippen LogP contribution in [0.3, 0.4) is 0 Å². The number of aromatic nitrogens is 1. The van der Waals surface area contributed by atoms with Gasteiger partial charge in [0.25, 0.3) is 6.71 Å². The Morgan fingerprint density at radius 1 is 0.571 bits per heavy atom. The first kappa shape index (κ1) is 20.5. The van der Waals surface area contributed by atoms with E-state index in [4.69, 9.17) is 0 Å². The molecule has 0 atom stereocenters. The zero-order valence-corrected chi connectivity index (χ0v) is 20.1. The number of para-hydroxylation sites is 1. The molecule has 35 heavy (non-hydrogen) atoms. The van der Waals surface area contributed by atoms with Crippen LogP contribution in [0.4, 0.5) is 0 Å². The van der Waals surface area contributed by atoms with E-state index in [0.29, 0.717) is 12.5 Å². The number of hydrogen-bond acceptors (Lipinski definition) is 0. The summed E-state index contributed by atoms with van der Waals surface area (Å²) in [4.78, 5) is 0. The van der Waals surface area contributed by atoms with E-state index in [1.807, 2.05) is 0 Å². The molecule has 0 saturated heterocycles. The predicted octanol–water partition coefficient (Wildman–Crippen LogP) is 5.66. The van der Waals surface area contributed by atoms with E-state index in [0.717, 1.165) is 0 Å². The largest absolute Gasteiger partial charge is 0.297 e. The Balaban J connectivity index is 1.70. The van der Waals surface area contributed by atoms with E-state index in [1.54, 1.807) is 0 Å². The Morgan fingerprint density at radius 2 is 1.11 bits per heavy atom. The maximum atomic E-state index is 2.45. The van der Waals surface area contributed by atoms with Gasteiger partial charge in [-0.15, -0.1) is 0 Å². The molecule has 0 radical (unpaired) electrons. The van der Waals surface area contributed by atoms with E-state index in [1.165, 1.54) is 50.1 Å². The highest BCUT2D eigenvalue weighted by Gasteiger charge is 2.55. The summed E-state index contributed by atoms with van der Waals surface area (Å²) in [6.07, 6.45) is 2.25. The monoisotopic (exact) mass is 448 g/mol. The molecule has 166 valence electrons. The highest BCUT2D eigenvalue weighted by Crippen LogP contribution is 2.56. The Morgan fingerprint density at radius 3 is 1.77 bits per heavy atom. The first-order valence-electron chi connectivity index (χ1n) is 12.6. The zero-order valence-electron chi connectivity index (χ0n) is 20.1. The van der Waals surface area contributed by atoms with Crippen LogP contribution >= 0.6 is 0 Å². The lowest BCUT2D eigenvalue weighted by atomic mass is 9.30. The smallest absolute Gasteiger partial charge is 0.174 e. The van der Waals surface area contributed by atoms with Crippen LogP contribution in [-0.4, -0.2) is 6.71 Å². The zero-order chi connectivity index (χ0) is 23.6. The van der Waals surface area contributed by atoms with Crippen LogP contribution in [0, 0.1) is 0 Å². The quantitative estimate of drug-likeness (QED) is 0.238. The van der Waals surface area contributed by atoms with E-state index in [9.17, 15) is 0 Å². The van der Waals surface area contributed by atoms with Crippen LogP contribution in [0.5, 0.6) is 0 Å². The van der Waals surface area contributed by atoms with Crippen molar-refractivity contribution in [3.63, 3.8) is 0 Å². The molecule has 0 fully saturated rings. The van der Waals surface area contributed by atoms with E-state index < -0.39 is 0 Å². The number of benzene rings is 4. The van der Waals surface area contributed by atoms with Gasteiger partial charge in [0.05, 0.1) is 5.41 Å². The van der Waals surface area contributed by atoms with Crippen LogP contribution in [0.2, 0.25) is 5.82 Å². The second-order valence-corrected chi connectivity index (χ2v) is 10.2. The molecule has 0 amide bonds. The maximum absolute atomic E-state index is 2.45. The predicted molar refractivity (Wildman–Crippen MR) is 145 cm³/mol. The minimum atomic E-state index is -0.331. The average Bonchev–Trinajstić information content (AvgIpc) is 3.20. The molecule has 7 rings (SSSR count). The van der Waals surface area contributed by atoms with Crippen LogP contribution < -0.4 is 15.6 Å². The van der Waals surface area contributed by atoms with Crippen LogP contribution in [0.25, 0.3) is 16.8 Å². The van der Waals surface area contributed by atoms with Crippen molar-refractivity contribution in [3.8, 4) is 16.8 Å². The van der Waals surface area contributed by atoms with Gasteiger partial charge < -0.3 is 0 Å². The summed E-state index contributed by atoms with van der Waals surface area (Å²) in [6.45, 7) is 5.03. The molecule has 1 aromatic heterocycles. The number of hydrogen-bond donors (Lipinski definition) is 0. The highest BCUT2D eigenvalue weighted by molar-refractivity contribution is 6.86. The molecule has 0 bridgehead atoms. The molecule has 1 aliphatic heterocycles. The maximum Gasteiger partial charge on any atom is 0.297 e. The van der Waals surface area contributed by atoms with Gasteiger partial charge in [-0.05, 0) is 33.9 Å². The molecule has 1 aliphatic carbocycles. The minimum absolute atomic E-state index is 0.299. The first-order valence-corrected chi connectivity index (χ1v) is 12.6. The summed E-state index contributed by atoms with van der Waals surface area (Å²) >= 11 is 0. The molecule has 0 unspecified atom stereocenters. The summed E-state index contributed by atoms with van der Waals surface area (Å²) < 4.78 is 2.45. The molecule has 1 nitrogen and oxygen atoms in total. The summed E-state index contributed by atoms with van der Waals surface area (Å²) in [6, 6.07) is 42.7. The van der Waals surface area contributed by atoms with E-state index in [-0.39, 0.29) is 5.41 Å². The normalized spacial score (nSPS) is 14.4. The fourth-order valence-electron chi connectivity index (χ4n) is 6.86. The summed E-state index contributed by atoms with van der Waals surface area (Å²) in [5.74, 6) is 0.455. The van der Waals surface area contributed by atoms with Crippen molar-refractivity contribution in [3.05, 3.63) is 144 Å². The SMILES string of the molecule is CC(C)B1c2ccccc2C2(c3ccccc3-c3ccccc32)c2ccc[n+](-c3ccccc3)c21. The fourth-order valence-corrected chi connectivity index (χ4v) is 6.86. The second kappa shape index (κ2) is 7.55. The third-order valence-electron chi connectivity index (χ3n) is 8.09. The standard InChI is InChI=1S/C33H27BN/c1-23(2)34-31-21-11-10-19-29(31)33(27-17-8-6-15-25(27)26-16-7-9-18-28(26)33)30-20-12-22-35(32(30)34)24-13-4-3-5-14-24/h3-23H,1-2H3/q+1. The molecule has 0 N–H and O–H groups in total. The molecule has 2 heterocycles. The van der Waals surface area contributed by atoms with Gasteiger partial charge in [-0.2, -0.15) is 4.57 Å². The van der Waals surface area contributed by atoms with Crippen molar-refractivity contribution in [2.75, 3.05) is 0 Å². The van der Waals surface area contributed by atoms with Gasteiger partial charge in [-0.25, -0.2) is 0 Å². The van der Waals surface area contributed by atoms with Gasteiger partial charge in [0.2, 0.25) is 5.69 Å². The lowest BCUT2D eigenvalue weighted by Crippen LogP contribution is -2.68. The molecule has 5 aromatic rings. The number of rotatable bonds is 2. The van der Waals surface area contributed by atoms with Gasteiger partial charge in [0, 0.05) is 23.8 Å². The van der Waals surface area contributed by atoms with Gasteiger partial charge in [0.1, 0.15) is 0 Å². The average molecular weight is 448 g/mol. The molecular weight excluding hydrogens is 421 g/mol. The molecule has 2 heteroatoms. The molecule has 1 spiro atoms. The topological polar surface area (TPSA) is 3.88 Å². The minimum Gasteiger partial charge on any atom is -0.174 e. The van der Waals surface area contributed by atoms with Crippen LogP contribution in [0.15, 0.2) is 121 Å². The van der Waals surface area contributed by atoms with Gasteiger partial charge >= 0.3 is 0 Å². The fraction of sp³-hybridized carbons (Fsp3) is 0.121. The van der Waals surface area contributed by atoms with Crippen molar-refractivity contribution >= 4 is 17.8 Å². The molecule has 0 saturated carbocycles. The van der Waals surface area contributed by atoms with Crippen LogP contribution in [0.1, 0.15) is 36.1 Å². The van der Waals surface area contributed by atoms with E-state index >= 15 is 0 Å². The van der Waals surface area contributed by atoms with E-state index in [2.05, 4.69) is 140 Å². The third-order valence-corrected chi connectivity index (χ3v) is 8.09. The van der Waals surface area contributed by atoms with Crippen molar-refractivity contribution in [2.45, 2.75) is 25.1 Å². The summed E-state index contributed by atoms with van der Waals surface area (Å²) in [7, 11) is 0. The van der Waals surface area contributed by atoms with Crippen molar-refractivity contribution in [2.24, 2.45) is 0 Å². The Hall–Kier alpha value is -3.91. The van der Waals surface area contributed by atoms with Crippen molar-refractivity contribution in [1.82, 2.24) is 0 Å². The second-order valence-electron chi connectivity index (χ2n) is 10.2. The Labute approximate surface area is 207 Å². The molecular formula is C33H27BN+. The number of fused-ring (bicyclic) bond motifs is 9. The molecule has 4 aromatic carbocycles. The van der Waals surface area contributed by atoms with Gasteiger partial charge in [-0.3, -0.25) is 0 Å². The lowest BCUT2D eigenvalue weighted by Gasteiger charge is -2.41. The summed E-state index contributed by atoms with van der Waals surface area (Å²) in [5, 5.41) is 0. The first-order chi connectivity index (χ1) is 17.2. The Bertz CT molecular complexity index is 1540. The Kier molecular flexibility index (Phi) is 4.41. The summed E-state index contributed by atoms with van der Waals surface area (Å²) in [5.41, 5.74) is 12.0. The highest BCUT2D eigenvalue weighted by atomic mass is 15.0. The van der Waals surface area contributed by atoms with Gasteiger partial charge in [0.15, 0.2) is 11.8 Å². The lowest BCUT2D eigenvalue weighted by molar-refractivity contribution is -0.577. The van der Waals surface area contributed by atoms with Gasteiger partial charge in [-0.1, -0.05) is 116 Å². The van der Waals surface area contributed by atoms with Crippen molar-refractivity contribution < 1.29 is 4.57 Å². The molecule has 2 aliphatic rings. The van der Waals surface area contributed by atoms with Crippen LogP contribution in [-0.2, 0) is 5.41 Å². The number of pyridine rings is 1.